The number of furan rings is 1. The van der Waals surface area contributed by atoms with Gasteiger partial charge in [-0.15, -0.1) is 0 Å². The van der Waals surface area contributed by atoms with E-state index >= 15 is 0 Å². The third kappa shape index (κ3) is 5.61. The van der Waals surface area contributed by atoms with Gasteiger partial charge in [-0.25, -0.2) is 0 Å². The summed E-state index contributed by atoms with van der Waals surface area (Å²) in [5.74, 6) is 0.705. The number of fused-ring (bicyclic) bond motifs is 7. The van der Waals surface area contributed by atoms with E-state index in [4.69, 9.17) is 4.42 Å². The van der Waals surface area contributed by atoms with Crippen molar-refractivity contribution in [1.82, 2.24) is 0 Å². The number of benzene rings is 8. The summed E-state index contributed by atoms with van der Waals surface area (Å²) in [5, 5.41) is 4.68. The zero-order chi connectivity index (χ0) is 38.1. The van der Waals surface area contributed by atoms with Crippen molar-refractivity contribution in [2.45, 2.75) is 57.3 Å². The first kappa shape index (κ1) is 33.9. The van der Waals surface area contributed by atoms with E-state index in [1.165, 1.54) is 81.8 Å². The Kier molecular flexibility index (Phi) is 7.96. The van der Waals surface area contributed by atoms with Crippen LogP contribution in [0.15, 0.2) is 174 Å². The maximum absolute atomic E-state index is 6.46. The molecule has 2 nitrogen and oxygen atoms in total. The van der Waals surface area contributed by atoms with Crippen molar-refractivity contribution in [3.05, 3.63) is 187 Å². The molecule has 9 aromatic rings. The van der Waals surface area contributed by atoms with Crippen molar-refractivity contribution in [2.75, 3.05) is 4.90 Å². The lowest BCUT2D eigenvalue weighted by Crippen LogP contribution is -2.15. The number of hydrogen-bond acceptors (Lipinski definition) is 2. The number of rotatable bonds is 6. The summed E-state index contributed by atoms with van der Waals surface area (Å²) >= 11 is 0. The minimum atomic E-state index is -0.0733. The molecule has 276 valence electrons. The Bertz CT molecular complexity index is 2960. The van der Waals surface area contributed by atoms with Crippen LogP contribution in [0.4, 0.5) is 17.1 Å². The fraction of sp³-hybridized carbons (Fsp3) is 0.164. The van der Waals surface area contributed by atoms with Crippen LogP contribution in [0.25, 0.3) is 66.1 Å². The van der Waals surface area contributed by atoms with Crippen LogP contribution in [-0.4, -0.2) is 0 Å². The van der Waals surface area contributed by atoms with Crippen molar-refractivity contribution < 1.29 is 4.42 Å². The third-order valence-electron chi connectivity index (χ3n) is 13.1. The molecule has 0 aliphatic heterocycles. The molecule has 1 fully saturated rings. The maximum Gasteiger partial charge on any atom is 0.136 e. The topological polar surface area (TPSA) is 16.4 Å². The summed E-state index contributed by atoms with van der Waals surface area (Å²) in [5.41, 5.74) is 16.8. The van der Waals surface area contributed by atoms with Crippen LogP contribution in [0.2, 0.25) is 0 Å². The minimum absolute atomic E-state index is 0.0733. The van der Waals surface area contributed by atoms with Crippen molar-refractivity contribution in [2.24, 2.45) is 0 Å². The summed E-state index contributed by atoms with van der Waals surface area (Å²) < 4.78 is 6.46. The second-order valence-corrected chi connectivity index (χ2v) is 16.7. The second kappa shape index (κ2) is 13.4. The van der Waals surface area contributed by atoms with Crippen LogP contribution in [0.1, 0.15) is 68.6 Å². The Morgan fingerprint density at radius 1 is 0.474 bits per heavy atom. The van der Waals surface area contributed by atoms with E-state index in [9.17, 15) is 0 Å². The van der Waals surface area contributed by atoms with Gasteiger partial charge >= 0.3 is 0 Å². The Hall–Kier alpha value is -6.38. The second-order valence-electron chi connectivity index (χ2n) is 16.7. The first-order chi connectivity index (χ1) is 28.0. The molecule has 2 heteroatoms. The summed E-state index contributed by atoms with van der Waals surface area (Å²) in [7, 11) is 0. The van der Waals surface area contributed by atoms with Crippen LogP contribution >= 0.6 is 0 Å². The lowest BCUT2D eigenvalue weighted by Gasteiger charge is -2.30. The van der Waals surface area contributed by atoms with E-state index in [1.807, 2.05) is 6.07 Å². The Balaban J connectivity index is 1.10. The fourth-order valence-electron chi connectivity index (χ4n) is 10.1. The highest BCUT2D eigenvalue weighted by Crippen LogP contribution is 2.52. The SMILES string of the molecule is CC1(C)c2ccccc2-c2cc(N(c3ccc(-c4ccc(C5CCCCC5)cc4)cc3)c3c(-c4ccc5c(c4)oc4ccccc45)ccc4ccccc34)ccc21. The van der Waals surface area contributed by atoms with Crippen LogP contribution in [-0.2, 0) is 5.41 Å². The fourth-order valence-corrected chi connectivity index (χ4v) is 10.1. The molecule has 2 aliphatic carbocycles. The van der Waals surface area contributed by atoms with Crippen molar-refractivity contribution in [1.29, 1.82) is 0 Å². The van der Waals surface area contributed by atoms with Gasteiger partial charge in [0, 0.05) is 38.5 Å². The van der Waals surface area contributed by atoms with E-state index in [1.54, 1.807) is 0 Å². The summed E-state index contributed by atoms with van der Waals surface area (Å²) in [6.07, 6.45) is 6.72. The van der Waals surface area contributed by atoms with Crippen molar-refractivity contribution in [3.8, 4) is 33.4 Å². The zero-order valence-corrected chi connectivity index (χ0v) is 32.6. The van der Waals surface area contributed by atoms with E-state index in [0.717, 1.165) is 50.1 Å². The van der Waals surface area contributed by atoms with Gasteiger partial charge in [0.1, 0.15) is 11.2 Å². The maximum atomic E-state index is 6.46. The lowest BCUT2D eigenvalue weighted by atomic mass is 9.82. The van der Waals surface area contributed by atoms with Crippen molar-refractivity contribution in [3.63, 3.8) is 0 Å². The summed E-state index contributed by atoms with van der Waals surface area (Å²) in [6.45, 7) is 4.71. The normalized spacial score (nSPS) is 14.9. The van der Waals surface area contributed by atoms with Crippen LogP contribution in [0.3, 0.4) is 0 Å². The molecule has 0 bridgehead atoms. The van der Waals surface area contributed by atoms with Crippen LogP contribution in [0.5, 0.6) is 0 Å². The molecule has 8 aromatic carbocycles. The molecule has 0 atom stereocenters. The Labute approximate surface area is 335 Å². The highest BCUT2D eigenvalue weighted by Gasteiger charge is 2.36. The smallest absolute Gasteiger partial charge is 0.136 e. The van der Waals surface area contributed by atoms with Gasteiger partial charge in [0.05, 0.1) is 5.69 Å². The highest BCUT2D eigenvalue weighted by atomic mass is 16.3. The lowest BCUT2D eigenvalue weighted by molar-refractivity contribution is 0.443. The Morgan fingerprint density at radius 2 is 1.12 bits per heavy atom. The monoisotopic (exact) mass is 735 g/mol. The predicted octanol–water partition coefficient (Wildman–Crippen LogP) is 15.9. The van der Waals surface area contributed by atoms with Gasteiger partial charge in [-0.1, -0.05) is 161 Å². The number of nitrogens with zero attached hydrogens (tertiary/aromatic N) is 1. The molecule has 1 heterocycles. The molecule has 0 saturated heterocycles. The average molecular weight is 736 g/mol. The molecular formula is C55H45NO. The number of hydrogen-bond donors (Lipinski definition) is 0. The van der Waals surface area contributed by atoms with Gasteiger partial charge in [0.25, 0.3) is 0 Å². The highest BCUT2D eigenvalue weighted by molar-refractivity contribution is 6.09. The molecule has 57 heavy (non-hydrogen) atoms. The summed E-state index contributed by atoms with van der Waals surface area (Å²) in [4.78, 5) is 2.49. The Morgan fingerprint density at radius 3 is 1.95 bits per heavy atom. The van der Waals surface area contributed by atoms with E-state index in [0.29, 0.717) is 5.92 Å². The molecule has 0 amide bonds. The first-order valence-corrected chi connectivity index (χ1v) is 20.7. The van der Waals surface area contributed by atoms with Crippen LogP contribution in [0, 0.1) is 0 Å². The molecule has 2 aliphatic rings. The van der Waals surface area contributed by atoms with Gasteiger partial charge in [-0.3, -0.25) is 0 Å². The van der Waals surface area contributed by atoms with Gasteiger partial charge in [0.15, 0.2) is 0 Å². The predicted molar refractivity (Wildman–Crippen MR) is 240 cm³/mol. The van der Waals surface area contributed by atoms with Gasteiger partial charge in [-0.2, -0.15) is 0 Å². The molecule has 0 unspecified atom stereocenters. The zero-order valence-electron chi connectivity index (χ0n) is 32.6. The van der Waals surface area contributed by atoms with E-state index < -0.39 is 0 Å². The van der Waals surface area contributed by atoms with E-state index in [2.05, 4.69) is 183 Å². The molecular weight excluding hydrogens is 691 g/mol. The van der Waals surface area contributed by atoms with Gasteiger partial charge in [-0.05, 0) is 111 Å². The molecule has 11 rings (SSSR count). The molecule has 0 spiro atoms. The molecule has 0 radical (unpaired) electrons. The number of para-hydroxylation sites is 1. The minimum Gasteiger partial charge on any atom is -0.456 e. The van der Waals surface area contributed by atoms with Gasteiger partial charge < -0.3 is 9.32 Å². The molecule has 1 aromatic heterocycles. The number of anilines is 3. The average Bonchev–Trinajstić information content (AvgIpc) is 3.75. The quantitative estimate of drug-likeness (QED) is 0.169. The van der Waals surface area contributed by atoms with Gasteiger partial charge in [0.2, 0.25) is 0 Å². The third-order valence-corrected chi connectivity index (χ3v) is 13.1. The molecule has 0 N–H and O–H groups in total. The van der Waals surface area contributed by atoms with Crippen LogP contribution < -0.4 is 4.90 Å². The standard InChI is InChI=1S/C55H45NO/c1-55(2)50-18-10-8-16-46(50)49-35-43(30-33-51(49)55)56(42-28-24-39(25-29-42)38-22-20-37(21-23-38)36-12-4-3-5-13-36)54-44-15-7-6-14-40(44)26-31-45(54)41-27-32-48-47-17-9-11-19-52(47)57-53(48)34-41/h6-11,14-36H,3-5,12-13H2,1-2H3. The molecule has 1 saturated carbocycles. The summed E-state index contributed by atoms with van der Waals surface area (Å²) in [6, 6.07) is 63.1. The van der Waals surface area contributed by atoms with Crippen molar-refractivity contribution >= 4 is 49.8 Å². The van der Waals surface area contributed by atoms with E-state index in [-0.39, 0.29) is 5.41 Å². The first-order valence-electron chi connectivity index (χ1n) is 20.7. The largest absolute Gasteiger partial charge is 0.456 e.